The minimum absolute atomic E-state index is 0.0961. The Balaban J connectivity index is 1.19. The van der Waals surface area contributed by atoms with Crippen LogP contribution >= 0.6 is 11.8 Å². The molecule has 1 atom stereocenters. The summed E-state index contributed by atoms with van der Waals surface area (Å²) in [5.74, 6) is -0.260. The van der Waals surface area contributed by atoms with Crippen LogP contribution in [0, 0.1) is 0 Å². The van der Waals surface area contributed by atoms with Gasteiger partial charge in [0.05, 0.1) is 0 Å². The fourth-order valence-electron chi connectivity index (χ4n) is 4.72. The Labute approximate surface area is 237 Å². The van der Waals surface area contributed by atoms with Gasteiger partial charge in [-0.25, -0.2) is 0 Å². The average Bonchev–Trinajstić information content (AvgIpc) is 3.01. The molecule has 0 saturated heterocycles. The highest BCUT2D eigenvalue weighted by Crippen LogP contribution is 2.37. The second-order valence-corrected chi connectivity index (χ2v) is 10.6. The zero-order valence-electron chi connectivity index (χ0n) is 21.6. The van der Waals surface area contributed by atoms with E-state index in [1.165, 1.54) is 11.8 Å². The van der Waals surface area contributed by atoms with Gasteiger partial charge in [-0.2, -0.15) is 0 Å². The van der Waals surface area contributed by atoms with Crippen molar-refractivity contribution in [2.45, 2.75) is 10.1 Å². The van der Waals surface area contributed by atoms with Crippen LogP contribution in [0.5, 0.6) is 0 Å². The van der Waals surface area contributed by atoms with Gasteiger partial charge in [0.2, 0.25) is 5.91 Å². The number of nitrogens with one attached hydrogen (secondary N) is 2. The lowest BCUT2D eigenvalue weighted by atomic mass is 10.1. The van der Waals surface area contributed by atoms with Crippen LogP contribution in [0.3, 0.4) is 0 Å². The number of carbonyl (C=O) groups excluding carboxylic acids is 2. The molecule has 0 spiro atoms. The zero-order chi connectivity index (χ0) is 27.3. The van der Waals surface area contributed by atoms with E-state index in [2.05, 4.69) is 10.6 Å². The zero-order valence-corrected chi connectivity index (χ0v) is 22.4. The molecule has 0 fully saturated rings. The standard InChI is InChI=1S/C35H26N2O2S/c38-34(28-18-17-24-9-4-5-13-27(24)23-28)36-29-19-21-30(22-20-29)40-33(26-11-2-1-3-12-26)35(39)37-32-16-8-14-25-10-6-7-15-31(25)32/h1-23,33H,(H,36,38)(H,37,39). The summed E-state index contributed by atoms with van der Waals surface area (Å²) in [6, 6.07) is 45.0. The van der Waals surface area contributed by atoms with Gasteiger partial charge in [0.25, 0.3) is 5.91 Å². The Bertz CT molecular complexity index is 1810. The second-order valence-electron chi connectivity index (χ2n) is 9.46. The molecule has 0 radical (unpaired) electrons. The molecule has 0 aromatic heterocycles. The third-order valence-corrected chi connectivity index (χ3v) is 8.03. The lowest BCUT2D eigenvalue weighted by Gasteiger charge is -2.18. The summed E-state index contributed by atoms with van der Waals surface area (Å²) in [6.45, 7) is 0. The van der Waals surface area contributed by atoms with E-state index in [1.807, 2.05) is 140 Å². The number of amides is 2. The SMILES string of the molecule is O=C(Nc1ccc(SC(C(=O)Nc2cccc3ccccc23)c2ccccc2)cc1)c1ccc2ccccc2c1. The van der Waals surface area contributed by atoms with Crippen molar-refractivity contribution in [2.24, 2.45) is 0 Å². The van der Waals surface area contributed by atoms with Crippen molar-refractivity contribution in [3.63, 3.8) is 0 Å². The summed E-state index contributed by atoms with van der Waals surface area (Å²) in [7, 11) is 0. The number of hydrogen-bond donors (Lipinski definition) is 2. The average molecular weight is 539 g/mol. The summed E-state index contributed by atoms with van der Waals surface area (Å²) in [4.78, 5) is 27.4. The molecule has 6 aromatic rings. The molecule has 2 amide bonds. The van der Waals surface area contributed by atoms with Crippen LogP contribution in [0.25, 0.3) is 21.5 Å². The lowest BCUT2D eigenvalue weighted by molar-refractivity contribution is -0.115. The van der Waals surface area contributed by atoms with Crippen LogP contribution in [0.2, 0.25) is 0 Å². The highest BCUT2D eigenvalue weighted by molar-refractivity contribution is 8.00. The van der Waals surface area contributed by atoms with Crippen molar-refractivity contribution in [1.82, 2.24) is 0 Å². The minimum atomic E-state index is -0.460. The van der Waals surface area contributed by atoms with Gasteiger partial charge in [-0.05, 0) is 64.2 Å². The van der Waals surface area contributed by atoms with E-state index in [4.69, 9.17) is 0 Å². The highest BCUT2D eigenvalue weighted by Gasteiger charge is 2.23. The normalized spacial score (nSPS) is 11.7. The molecule has 40 heavy (non-hydrogen) atoms. The molecule has 194 valence electrons. The summed E-state index contributed by atoms with van der Waals surface area (Å²) in [5, 5.41) is 9.87. The predicted octanol–water partition coefficient (Wildman–Crippen LogP) is 8.72. The molecule has 2 N–H and O–H groups in total. The Morgan fingerprint density at radius 3 is 2.05 bits per heavy atom. The Kier molecular flexibility index (Phi) is 7.29. The largest absolute Gasteiger partial charge is 0.324 e. The van der Waals surface area contributed by atoms with Crippen LogP contribution < -0.4 is 10.6 Å². The van der Waals surface area contributed by atoms with E-state index in [0.717, 1.165) is 37.7 Å². The summed E-state index contributed by atoms with van der Waals surface area (Å²) < 4.78 is 0. The molecule has 5 heteroatoms. The molecule has 6 aromatic carbocycles. The highest BCUT2D eigenvalue weighted by atomic mass is 32.2. The molecule has 0 aliphatic rings. The van der Waals surface area contributed by atoms with Crippen LogP contribution in [-0.2, 0) is 4.79 Å². The maximum atomic E-state index is 13.6. The predicted molar refractivity (Wildman–Crippen MR) is 166 cm³/mol. The molecular weight excluding hydrogens is 512 g/mol. The van der Waals surface area contributed by atoms with Crippen molar-refractivity contribution >= 4 is 56.5 Å². The summed E-state index contributed by atoms with van der Waals surface area (Å²) >= 11 is 1.48. The van der Waals surface area contributed by atoms with E-state index >= 15 is 0 Å². The van der Waals surface area contributed by atoms with Crippen LogP contribution in [-0.4, -0.2) is 11.8 Å². The maximum absolute atomic E-state index is 13.6. The number of hydrogen-bond acceptors (Lipinski definition) is 3. The van der Waals surface area contributed by atoms with E-state index < -0.39 is 5.25 Å². The Morgan fingerprint density at radius 2 is 1.25 bits per heavy atom. The van der Waals surface area contributed by atoms with Gasteiger partial charge >= 0.3 is 0 Å². The number of carbonyl (C=O) groups is 2. The van der Waals surface area contributed by atoms with Crippen LogP contribution in [0.1, 0.15) is 21.2 Å². The topological polar surface area (TPSA) is 58.2 Å². The van der Waals surface area contributed by atoms with Crippen LogP contribution in [0.4, 0.5) is 11.4 Å². The van der Waals surface area contributed by atoms with Gasteiger partial charge < -0.3 is 10.6 Å². The quantitative estimate of drug-likeness (QED) is 0.200. The van der Waals surface area contributed by atoms with Crippen LogP contribution in [0.15, 0.2) is 144 Å². The molecule has 1 unspecified atom stereocenters. The summed E-state index contributed by atoms with van der Waals surface area (Å²) in [6.07, 6.45) is 0. The summed E-state index contributed by atoms with van der Waals surface area (Å²) in [5.41, 5.74) is 3.00. The molecule has 0 saturated carbocycles. The second kappa shape index (κ2) is 11.5. The van der Waals surface area contributed by atoms with Gasteiger partial charge in [-0.1, -0.05) is 97.1 Å². The number of anilines is 2. The minimum Gasteiger partial charge on any atom is -0.324 e. The monoisotopic (exact) mass is 538 g/mol. The third-order valence-electron chi connectivity index (χ3n) is 6.77. The lowest BCUT2D eigenvalue weighted by Crippen LogP contribution is -2.19. The number of benzene rings is 6. The van der Waals surface area contributed by atoms with E-state index in [1.54, 1.807) is 0 Å². The van der Waals surface area contributed by atoms with Gasteiger partial charge in [0.1, 0.15) is 5.25 Å². The first-order valence-electron chi connectivity index (χ1n) is 13.0. The fourth-order valence-corrected chi connectivity index (χ4v) is 5.74. The van der Waals surface area contributed by atoms with E-state index in [-0.39, 0.29) is 11.8 Å². The van der Waals surface area contributed by atoms with E-state index in [9.17, 15) is 9.59 Å². The van der Waals surface area contributed by atoms with Gasteiger partial charge in [0, 0.05) is 27.2 Å². The van der Waals surface area contributed by atoms with Crippen molar-refractivity contribution in [2.75, 3.05) is 10.6 Å². The first-order chi connectivity index (χ1) is 19.6. The van der Waals surface area contributed by atoms with Crippen molar-refractivity contribution < 1.29 is 9.59 Å². The molecule has 0 aliphatic heterocycles. The molecule has 0 bridgehead atoms. The van der Waals surface area contributed by atoms with Gasteiger partial charge in [-0.3, -0.25) is 9.59 Å². The molecule has 0 aliphatic carbocycles. The van der Waals surface area contributed by atoms with Gasteiger partial charge in [0.15, 0.2) is 0 Å². The molecular formula is C35H26N2O2S. The van der Waals surface area contributed by atoms with Gasteiger partial charge in [-0.15, -0.1) is 11.8 Å². The molecule has 0 heterocycles. The smallest absolute Gasteiger partial charge is 0.255 e. The molecule has 4 nitrogen and oxygen atoms in total. The Morgan fingerprint density at radius 1 is 0.575 bits per heavy atom. The Hall–Kier alpha value is -4.87. The first kappa shape index (κ1) is 25.4. The fraction of sp³-hybridized carbons (Fsp3) is 0.0286. The maximum Gasteiger partial charge on any atom is 0.255 e. The third kappa shape index (κ3) is 5.60. The van der Waals surface area contributed by atoms with Crippen molar-refractivity contribution in [3.05, 3.63) is 151 Å². The number of fused-ring (bicyclic) bond motifs is 2. The van der Waals surface area contributed by atoms with Crippen molar-refractivity contribution in [3.8, 4) is 0 Å². The van der Waals surface area contributed by atoms with E-state index in [0.29, 0.717) is 11.3 Å². The molecule has 6 rings (SSSR count). The first-order valence-corrected chi connectivity index (χ1v) is 13.9. The number of thioether (sulfide) groups is 1. The number of rotatable bonds is 7. The van der Waals surface area contributed by atoms with Crippen molar-refractivity contribution in [1.29, 1.82) is 0 Å².